The summed E-state index contributed by atoms with van der Waals surface area (Å²) < 4.78 is 10.5. The lowest BCUT2D eigenvalue weighted by molar-refractivity contribution is -0.0335. The topological polar surface area (TPSA) is 91.2 Å². The van der Waals surface area contributed by atoms with E-state index in [0.29, 0.717) is 0 Å². The third-order valence-corrected chi connectivity index (χ3v) is 2.77. The van der Waals surface area contributed by atoms with E-state index in [9.17, 15) is 10.2 Å². The second kappa shape index (κ2) is 4.18. The summed E-state index contributed by atoms with van der Waals surface area (Å²) in [7, 11) is 0. The molecule has 86 valence electrons. The summed E-state index contributed by atoms with van der Waals surface area (Å²) in [5.74, 6) is 0. The Morgan fingerprint density at radius 2 is 2.27 bits per heavy atom. The quantitative estimate of drug-likeness (QED) is 0.424. The maximum atomic E-state index is 9.78. The number of ether oxygens (including phenoxy) is 2. The molecule has 0 amide bonds. The first kappa shape index (κ1) is 11.0. The molecule has 0 aliphatic carbocycles. The second-order valence-electron chi connectivity index (χ2n) is 3.67. The zero-order valence-corrected chi connectivity index (χ0v) is 8.68. The minimum atomic E-state index is -0.893. The van der Waals surface area contributed by atoms with Crippen molar-refractivity contribution >= 4 is 17.4 Å². The van der Waals surface area contributed by atoms with Gasteiger partial charge in [-0.2, -0.15) is 0 Å². The molecule has 5 atom stereocenters. The van der Waals surface area contributed by atoms with Crippen molar-refractivity contribution in [1.29, 1.82) is 0 Å². The van der Waals surface area contributed by atoms with E-state index in [0.717, 1.165) is 0 Å². The van der Waals surface area contributed by atoms with Crippen molar-refractivity contribution in [1.82, 2.24) is 5.32 Å². The molecule has 2 fully saturated rings. The van der Waals surface area contributed by atoms with Gasteiger partial charge in [-0.15, -0.1) is 0 Å². The molecule has 0 aromatic rings. The summed E-state index contributed by atoms with van der Waals surface area (Å²) in [6.45, 7) is -0.353. The Kier molecular flexibility index (Phi) is 3.08. The van der Waals surface area contributed by atoms with Crippen LogP contribution in [-0.2, 0) is 9.47 Å². The van der Waals surface area contributed by atoms with E-state index < -0.39 is 30.6 Å². The predicted octanol–water partition coefficient (Wildman–Crippen LogP) is -1.91. The van der Waals surface area contributed by atoms with Crippen LogP contribution in [-0.4, -0.2) is 57.7 Å². The zero-order valence-electron chi connectivity index (χ0n) is 7.87. The number of rotatable bonds is 3. The summed E-state index contributed by atoms with van der Waals surface area (Å²) in [6.07, 6.45) is -3.09. The van der Waals surface area contributed by atoms with Crippen LogP contribution in [0.25, 0.3) is 0 Å². The van der Waals surface area contributed by atoms with Crippen LogP contribution in [0.3, 0.4) is 0 Å². The van der Waals surface area contributed by atoms with Crippen LogP contribution >= 0.6 is 12.2 Å². The highest BCUT2D eigenvalue weighted by Gasteiger charge is 2.50. The van der Waals surface area contributed by atoms with Crippen molar-refractivity contribution in [2.45, 2.75) is 37.1 Å². The standard InChI is InChI=1S/C8H13NO5S/c10-2-3(11)1-4-5(12)6-7(13-4)9-8(15)14-6/h3-7,10-12H,1-2H2,(H,9,15)/t3-,4+,5+,6+,7+/m0/s1. The first-order valence-electron chi connectivity index (χ1n) is 4.71. The highest BCUT2D eigenvalue weighted by Crippen LogP contribution is 2.28. The zero-order chi connectivity index (χ0) is 11.0. The number of aliphatic hydroxyl groups is 3. The van der Waals surface area contributed by atoms with E-state index in [4.69, 9.17) is 26.8 Å². The highest BCUT2D eigenvalue weighted by molar-refractivity contribution is 7.80. The van der Waals surface area contributed by atoms with Gasteiger partial charge in [-0.3, -0.25) is 0 Å². The number of hydrogen-bond acceptors (Lipinski definition) is 6. The Morgan fingerprint density at radius 1 is 1.53 bits per heavy atom. The monoisotopic (exact) mass is 235 g/mol. The first-order chi connectivity index (χ1) is 7.11. The van der Waals surface area contributed by atoms with Crippen molar-refractivity contribution in [3.05, 3.63) is 0 Å². The summed E-state index contributed by atoms with van der Waals surface area (Å²) in [5, 5.41) is 30.6. The van der Waals surface area contributed by atoms with E-state index in [1.807, 2.05) is 0 Å². The van der Waals surface area contributed by atoms with Crippen molar-refractivity contribution < 1.29 is 24.8 Å². The van der Waals surface area contributed by atoms with Crippen LogP contribution in [0.4, 0.5) is 0 Å². The summed E-state index contributed by atoms with van der Waals surface area (Å²) >= 11 is 4.76. The van der Waals surface area contributed by atoms with Gasteiger partial charge in [0.15, 0.2) is 12.3 Å². The lowest BCUT2D eigenvalue weighted by Gasteiger charge is -2.18. The average Bonchev–Trinajstić information content (AvgIpc) is 2.67. The van der Waals surface area contributed by atoms with Gasteiger partial charge in [0.1, 0.15) is 6.10 Å². The predicted molar refractivity (Wildman–Crippen MR) is 53.0 cm³/mol. The van der Waals surface area contributed by atoms with Gasteiger partial charge in [-0.25, -0.2) is 0 Å². The van der Waals surface area contributed by atoms with Gasteiger partial charge in [-0.1, -0.05) is 0 Å². The molecule has 2 saturated heterocycles. The lowest BCUT2D eigenvalue weighted by atomic mass is 10.1. The van der Waals surface area contributed by atoms with Gasteiger partial charge in [0.2, 0.25) is 0 Å². The van der Waals surface area contributed by atoms with E-state index >= 15 is 0 Å². The second-order valence-corrected chi connectivity index (χ2v) is 4.04. The molecule has 2 aliphatic heterocycles. The Labute approximate surface area is 91.8 Å². The molecule has 0 spiro atoms. The minimum absolute atomic E-state index is 0.169. The number of fused-ring (bicyclic) bond motifs is 1. The molecule has 2 rings (SSSR count). The third kappa shape index (κ3) is 2.06. The van der Waals surface area contributed by atoms with E-state index in [2.05, 4.69) is 5.32 Å². The Morgan fingerprint density at radius 3 is 2.87 bits per heavy atom. The van der Waals surface area contributed by atoms with Gasteiger partial charge < -0.3 is 30.1 Å². The molecule has 0 aromatic carbocycles. The normalized spacial score (nSPS) is 40.9. The smallest absolute Gasteiger partial charge is 0.259 e. The van der Waals surface area contributed by atoms with E-state index in [-0.39, 0.29) is 18.2 Å². The molecule has 6 nitrogen and oxygen atoms in total. The van der Waals surface area contributed by atoms with Gasteiger partial charge in [0.25, 0.3) is 5.17 Å². The Hall–Kier alpha value is -0.470. The largest absolute Gasteiger partial charge is 0.460 e. The van der Waals surface area contributed by atoms with Crippen LogP contribution in [0.1, 0.15) is 6.42 Å². The fourth-order valence-corrected chi connectivity index (χ4v) is 2.02. The third-order valence-electron chi connectivity index (χ3n) is 2.56. The van der Waals surface area contributed by atoms with Crippen LogP contribution in [0.5, 0.6) is 0 Å². The van der Waals surface area contributed by atoms with Gasteiger partial charge >= 0.3 is 0 Å². The van der Waals surface area contributed by atoms with Gasteiger partial charge in [-0.05, 0) is 12.2 Å². The molecule has 7 heteroatoms. The summed E-state index contributed by atoms with van der Waals surface area (Å²) in [4.78, 5) is 0. The van der Waals surface area contributed by atoms with Crippen LogP contribution in [0.15, 0.2) is 0 Å². The van der Waals surface area contributed by atoms with Crippen LogP contribution < -0.4 is 5.32 Å². The van der Waals surface area contributed by atoms with Crippen LogP contribution in [0, 0.1) is 0 Å². The summed E-state index contributed by atoms with van der Waals surface area (Å²) in [5.41, 5.74) is 0. The first-order valence-corrected chi connectivity index (χ1v) is 5.12. The number of hydrogen-bond donors (Lipinski definition) is 4. The number of aliphatic hydroxyl groups excluding tert-OH is 3. The Bertz CT molecular complexity index is 263. The van der Waals surface area contributed by atoms with Gasteiger partial charge in [0.05, 0.1) is 18.8 Å². The lowest BCUT2D eigenvalue weighted by Crippen LogP contribution is -2.34. The van der Waals surface area contributed by atoms with E-state index in [1.165, 1.54) is 0 Å². The molecule has 2 aliphatic rings. The molecule has 0 bridgehead atoms. The molecule has 2 heterocycles. The molecular formula is C8H13NO5S. The molecule has 0 radical (unpaired) electrons. The molecule has 15 heavy (non-hydrogen) atoms. The maximum absolute atomic E-state index is 9.78. The molecule has 4 N–H and O–H groups in total. The van der Waals surface area contributed by atoms with Crippen LogP contribution in [0.2, 0.25) is 0 Å². The fraction of sp³-hybridized carbons (Fsp3) is 0.875. The van der Waals surface area contributed by atoms with E-state index in [1.54, 1.807) is 0 Å². The van der Waals surface area contributed by atoms with Crippen molar-refractivity contribution in [2.75, 3.05) is 6.61 Å². The van der Waals surface area contributed by atoms with Crippen molar-refractivity contribution in [3.63, 3.8) is 0 Å². The summed E-state index contributed by atoms with van der Waals surface area (Å²) in [6, 6.07) is 0. The molecule has 0 saturated carbocycles. The minimum Gasteiger partial charge on any atom is -0.460 e. The van der Waals surface area contributed by atoms with Gasteiger partial charge in [0, 0.05) is 6.42 Å². The Balaban J connectivity index is 1.94. The molecule has 0 aromatic heterocycles. The highest BCUT2D eigenvalue weighted by atomic mass is 32.1. The van der Waals surface area contributed by atoms with Crippen molar-refractivity contribution in [2.24, 2.45) is 0 Å². The average molecular weight is 235 g/mol. The SMILES string of the molecule is OC[C@@H](O)C[C@H]1O[C@H]2NC(=S)O[C@@H]2[C@@H]1O. The maximum Gasteiger partial charge on any atom is 0.259 e. The molecular weight excluding hydrogens is 222 g/mol. The molecule has 0 unspecified atom stereocenters. The number of nitrogens with one attached hydrogen (secondary N) is 1. The van der Waals surface area contributed by atoms with Crippen molar-refractivity contribution in [3.8, 4) is 0 Å². The fourth-order valence-electron chi connectivity index (χ4n) is 1.80. The number of thiocarbonyl (C=S) groups is 1.